The van der Waals surface area contributed by atoms with Crippen LogP contribution < -0.4 is 0 Å². The molecule has 148 valence electrons. The summed E-state index contributed by atoms with van der Waals surface area (Å²) in [5.41, 5.74) is -0.395. The van der Waals surface area contributed by atoms with Gasteiger partial charge in [-0.25, -0.2) is 9.59 Å². The average molecular weight is 394 g/mol. The number of rotatable bonds is 9. The van der Waals surface area contributed by atoms with Crippen molar-refractivity contribution in [3.05, 3.63) is 29.3 Å². The van der Waals surface area contributed by atoms with Gasteiger partial charge in [0.05, 0.1) is 24.3 Å². The summed E-state index contributed by atoms with van der Waals surface area (Å²) in [6.07, 6.45) is 1.61. The molecule has 1 aromatic carbocycles. The Morgan fingerprint density at radius 3 is 1.93 bits per heavy atom. The summed E-state index contributed by atoms with van der Waals surface area (Å²) < 4.78 is 42.9. The van der Waals surface area contributed by atoms with Gasteiger partial charge in [0.1, 0.15) is 4.90 Å². The van der Waals surface area contributed by atoms with Crippen molar-refractivity contribution in [1.29, 1.82) is 0 Å². The average Bonchev–Trinajstić information content (AvgIpc) is 2.62. The molecule has 0 heterocycles. The molecule has 0 fully saturated rings. The summed E-state index contributed by atoms with van der Waals surface area (Å²) >= 11 is 0. The van der Waals surface area contributed by atoms with E-state index in [9.17, 15) is 22.6 Å². The number of carbonyl (C=O) groups is 2. The Hall–Kier alpha value is -1.33. The van der Waals surface area contributed by atoms with Crippen molar-refractivity contribution in [2.24, 2.45) is 11.8 Å². The van der Waals surface area contributed by atoms with E-state index in [1.165, 1.54) is 6.07 Å². The predicted molar refractivity (Wildman–Crippen MR) is 103 cm³/mol. The standard InChI is InChI=1S/C18H26O7S.Li.H/c1-5-12(3)10-24-17(19)14-7-8-15(16(9-14)26(21,22)23)18(20)25-11-13(4)6-2;;/h7-9,12-13H,5-6,10-11H2,1-4H3,(H,21,22,23);;. The quantitative estimate of drug-likeness (QED) is 0.390. The Balaban J connectivity index is 0.00000676. The molecule has 0 aliphatic rings. The van der Waals surface area contributed by atoms with Crippen molar-refractivity contribution in [3.63, 3.8) is 0 Å². The number of carbonyl (C=O) groups excluding carboxylic acids is 2. The molecule has 1 aromatic rings. The van der Waals surface area contributed by atoms with Gasteiger partial charge in [0.15, 0.2) is 0 Å². The second kappa shape index (κ2) is 11.5. The minimum absolute atomic E-state index is 0. The van der Waals surface area contributed by atoms with E-state index in [-0.39, 0.29) is 55.0 Å². The van der Waals surface area contributed by atoms with Gasteiger partial charge in [0.25, 0.3) is 10.1 Å². The number of hydrogen-bond acceptors (Lipinski definition) is 6. The van der Waals surface area contributed by atoms with Crippen LogP contribution in [0.5, 0.6) is 0 Å². The van der Waals surface area contributed by atoms with E-state index in [1.807, 2.05) is 27.7 Å². The Morgan fingerprint density at radius 2 is 1.48 bits per heavy atom. The van der Waals surface area contributed by atoms with Gasteiger partial charge in [-0.15, -0.1) is 0 Å². The Labute approximate surface area is 172 Å². The number of hydrogen-bond donors (Lipinski definition) is 1. The van der Waals surface area contributed by atoms with Crippen LogP contribution >= 0.6 is 0 Å². The van der Waals surface area contributed by atoms with Gasteiger partial charge in [-0.2, -0.15) is 8.42 Å². The van der Waals surface area contributed by atoms with Gasteiger partial charge in [-0.05, 0) is 30.0 Å². The molecule has 0 bridgehead atoms. The van der Waals surface area contributed by atoms with Crippen molar-refractivity contribution in [1.82, 2.24) is 0 Å². The first-order valence-electron chi connectivity index (χ1n) is 8.55. The van der Waals surface area contributed by atoms with E-state index in [0.717, 1.165) is 25.0 Å². The molecule has 7 nitrogen and oxygen atoms in total. The van der Waals surface area contributed by atoms with E-state index in [1.54, 1.807) is 0 Å². The molecule has 9 heteroatoms. The Kier molecular flexibility index (Phi) is 10.9. The summed E-state index contributed by atoms with van der Waals surface area (Å²) in [6.45, 7) is 7.99. The van der Waals surface area contributed by atoms with Crippen LogP contribution in [-0.4, -0.2) is 57.0 Å². The minimum atomic E-state index is -4.72. The first kappa shape index (κ1) is 25.7. The van der Waals surface area contributed by atoms with Crippen molar-refractivity contribution in [2.45, 2.75) is 45.4 Å². The van der Waals surface area contributed by atoms with Crippen LogP contribution in [0.4, 0.5) is 0 Å². The zero-order valence-corrected chi connectivity index (χ0v) is 16.3. The topological polar surface area (TPSA) is 107 Å². The monoisotopic (exact) mass is 394 g/mol. The maximum absolute atomic E-state index is 12.2. The molecule has 0 saturated carbocycles. The van der Waals surface area contributed by atoms with Crippen molar-refractivity contribution < 1.29 is 32.0 Å². The van der Waals surface area contributed by atoms with E-state index in [4.69, 9.17) is 9.47 Å². The molecule has 2 atom stereocenters. The number of esters is 2. The van der Waals surface area contributed by atoms with Crippen LogP contribution in [0.2, 0.25) is 0 Å². The van der Waals surface area contributed by atoms with Crippen LogP contribution in [-0.2, 0) is 19.6 Å². The Morgan fingerprint density at radius 1 is 1.00 bits per heavy atom. The van der Waals surface area contributed by atoms with Crippen molar-refractivity contribution in [3.8, 4) is 0 Å². The van der Waals surface area contributed by atoms with Crippen LogP contribution in [0.15, 0.2) is 23.1 Å². The van der Waals surface area contributed by atoms with Gasteiger partial charge in [0.2, 0.25) is 0 Å². The van der Waals surface area contributed by atoms with Crippen LogP contribution in [0.3, 0.4) is 0 Å². The third kappa shape index (κ3) is 8.05. The molecule has 0 aliphatic carbocycles. The number of benzene rings is 1. The normalized spacial score (nSPS) is 13.2. The van der Waals surface area contributed by atoms with Gasteiger partial charge in [-0.3, -0.25) is 4.55 Å². The summed E-state index contributed by atoms with van der Waals surface area (Å²) in [4.78, 5) is 23.5. The molecule has 0 radical (unpaired) electrons. The fourth-order valence-corrected chi connectivity index (χ4v) is 2.57. The zero-order chi connectivity index (χ0) is 19.9. The van der Waals surface area contributed by atoms with E-state index in [2.05, 4.69) is 0 Å². The summed E-state index contributed by atoms with van der Waals surface area (Å²) in [6, 6.07) is 3.34. The van der Waals surface area contributed by atoms with Gasteiger partial charge in [-0.1, -0.05) is 40.5 Å². The molecule has 0 aliphatic heterocycles. The van der Waals surface area contributed by atoms with Crippen molar-refractivity contribution in [2.75, 3.05) is 13.2 Å². The third-order valence-corrected chi connectivity index (χ3v) is 5.00. The molecule has 0 saturated heterocycles. The molecule has 0 aromatic heterocycles. The van der Waals surface area contributed by atoms with Crippen LogP contribution in [0, 0.1) is 11.8 Å². The second-order valence-electron chi connectivity index (χ2n) is 6.41. The van der Waals surface area contributed by atoms with Crippen molar-refractivity contribution >= 4 is 40.9 Å². The van der Waals surface area contributed by atoms with Crippen LogP contribution in [0.25, 0.3) is 0 Å². The van der Waals surface area contributed by atoms with E-state index in [0.29, 0.717) is 0 Å². The molecular weight excluding hydrogens is 367 g/mol. The fourth-order valence-electron chi connectivity index (χ4n) is 1.86. The van der Waals surface area contributed by atoms with Crippen LogP contribution in [0.1, 0.15) is 61.3 Å². The summed E-state index contributed by atoms with van der Waals surface area (Å²) in [5, 5.41) is 0. The van der Waals surface area contributed by atoms with E-state index >= 15 is 0 Å². The second-order valence-corrected chi connectivity index (χ2v) is 7.80. The molecule has 2 unspecified atom stereocenters. The van der Waals surface area contributed by atoms with Gasteiger partial charge in [0, 0.05) is 0 Å². The summed E-state index contributed by atoms with van der Waals surface area (Å²) in [5.74, 6) is -1.33. The first-order valence-corrected chi connectivity index (χ1v) is 9.99. The van der Waals surface area contributed by atoms with Gasteiger partial charge < -0.3 is 9.47 Å². The molecule has 1 N–H and O–H groups in total. The molecular formula is C18H27LiO7S. The predicted octanol–water partition coefficient (Wildman–Crippen LogP) is 2.69. The van der Waals surface area contributed by atoms with Gasteiger partial charge >= 0.3 is 30.8 Å². The molecule has 0 amide bonds. The molecule has 27 heavy (non-hydrogen) atoms. The Bertz CT molecular complexity index is 746. The fraction of sp³-hybridized carbons (Fsp3) is 0.556. The summed E-state index contributed by atoms with van der Waals surface area (Å²) in [7, 11) is -4.72. The maximum atomic E-state index is 12.2. The van der Waals surface area contributed by atoms with E-state index < -0.39 is 27.0 Å². The number of ether oxygens (including phenoxy) is 2. The molecule has 0 spiro atoms. The SMILES string of the molecule is CCC(C)COC(=O)c1ccc(C(=O)OCC(C)CC)c(S(=O)(=O)O)c1.[LiH]. The molecule has 1 rings (SSSR count). The first-order chi connectivity index (χ1) is 12.1. The third-order valence-electron chi connectivity index (χ3n) is 4.11. The zero-order valence-electron chi connectivity index (χ0n) is 15.5.